The fraction of sp³-hybridized carbons (Fsp3) is 0.211. The van der Waals surface area contributed by atoms with Crippen molar-refractivity contribution in [1.82, 2.24) is 18.7 Å². The largest absolute Gasteiger partial charge is 0.332 e. The first-order valence-corrected chi connectivity index (χ1v) is 17.9. The van der Waals surface area contributed by atoms with E-state index < -0.39 is 24.3 Å². The van der Waals surface area contributed by atoms with Crippen molar-refractivity contribution in [2.45, 2.75) is 52.5 Å². The van der Waals surface area contributed by atoms with E-state index in [1.807, 2.05) is 68.4 Å². The van der Waals surface area contributed by atoms with Crippen LogP contribution in [0.15, 0.2) is 125 Å². The van der Waals surface area contributed by atoms with Crippen LogP contribution >= 0.6 is 7.26 Å². The predicted molar refractivity (Wildman–Crippen MR) is 188 cm³/mol. The minimum Gasteiger partial charge on any atom is -0.311 e. The van der Waals surface area contributed by atoms with Crippen molar-refractivity contribution < 1.29 is 9.18 Å². The molecule has 0 aliphatic heterocycles. The smallest absolute Gasteiger partial charge is 0.311 e. The Hall–Kier alpha value is -4.94. The van der Waals surface area contributed by atoms with Crippen LogP contribution in [0.3, 0.4) is 0 Å². The number of rotatable bonds is 12. The van der Waals surface area contributed by atoms with Gasteiger partial charge in [-0.2, -0.15) is 0 Å². The molecule has 0 aliphatic carbocycles. The number of carbonyl (C=O) groups is 1. The molecule has 0 fully saturated rings. The van der Waals surface area contributed by atoms with Gasteiger partial charge in [0, 0.05) is 18.7 Å². The highest BCUT2D eigenvalue weighted by Gasteiger charge is 2.47. The molecule has 0 spiro atoms. The number of hydrogen-bond donors (Lipinski definition) is 0. The molecule has 238 valence electrons. The van der Waals surface area contributed by atoms with E-state index in [-0.39, 0.29) is 30.0 Å². The molecule has 0 aliphatic rings. The summed E-state index contributed by atoms with van der Waals surface area (Å²) >= 11 is 0. The molecule has 2 heterocycles. The zero-order chi connectivity index (χ0) is 33.0. The average Bonchev–Trinajstić information content (AvgIpc) is 3.46. The van der Waals surface area contributed by atoms with Gasteiger partial charge in [0.25, 0.3) is 5.56 Å². The summed E-state index contributed by atoms with van der Waals surface area (Å²) in [5.41, 5.74) is -0.0340. The number of benzene rings is 4. The van der Waals surface area contributed by atoms with Crippen LogP contribution in [0.5, 0.6) is 0 Å². The Bertz CT molecular complexity index is 2030. The van der Waals surface area contributed by atoms with Crippen molar-refractivity contribution in [2.24, 2.45) is 0 Å². The maximum Gasteiger partial charge on any atom is 0.332 e. The fourth-order valence-electron chi connectivity index (χ4n) is 6.32. The van der Waals surface area contributed by atoms with Crippen molar-refractivity contribution in [1.29, 1.82) is 0 Å². The number of aromatic nitrogens is 4. The minimum absolute atomic E-state index is 0.193. The second-order valence-electron chi connectivity index (χ2n) is 11.6. The summed E-state index contributed by atoms with van der Waals surface area (Å²) in [5.74, 6) is -0.191. The van der Waals surface area contributed by atoms with Gasteiger partial charge in [-0.05, 0) is 73.5 Å². The molecule has 6 rings (SSSR count). The predicted octanol–water partition coefficient (Wildman–Crippen LogP) is 5.70. The second-order valence-corrected chi connectivity index (χ2v) is 15.1. The van der Waals surface area contributed by atoms with Crippen LogP contribution in [-0.2, 0) is 25.8 Å². The first kappa shape index (κ1) is 32.0. The maximum atomic E-state index is 14.2. The van der Waals surface area contributed by atoms with Crippen LogP contribution < -0.4 is 27.2 Å². The van der Waals surface area contributed by atoms with Gasteiger partial charge in [0.2, 0.25) is 0 Å². The van der Waals surface area contributed by atoms with Crippen LogP contribution in [0.1, 0.15) is 42.9 Å². The molecule has 0 N–H and O–H groups in total. The first-order valence-electron chi connectivity index (χ1n) is 16.0. The van der Waals surface area contributed by atoms with Crippen molar-refractivity contribution in [3.8, 4) is 0 Å². The van der Waals surface area contributed by atoms with Crippen LogP contribution in [0, 0.1) is 5.82 Å². The number of nitrogens with zero attached hydrogens (tertiary/aromatic N) is 4. The molecule has 0 unspecified atom stereocenters. The molecule has 0 saturated heterocycles. The quantitative estimate of drug-likeness (QED) is 0.126. The van der Waals surface area contributed by atoms with Crippen LogP contribution in [0.4, 0.5) is 4.39 Å². The number of carbonyl (C=O) groups excluding carboxylic acids is 1. The molecule has 47 heavy (non-hydrogen) atoms. The Balaban J connectivity index is 1.68. The first-order chi connectivity index (χ1) is 22.9. The number of ketones is 1. The van der Waals surface area contributed by atoms with Crippen molar-refractivity contribution in [2.75, 3.05) is 0 Å². The SMILES string of the molecule is CCCn1c(=O)c2c(nc(C[P+](c3ccccc3)(c3ccccc3)c3ccccc3)n2CC(=O)c2ccc(F)cc2)n(CCC)c1=O. The molecule has 6 aromatic rings. The highest BCUT2D eigenvalue weighted by atomic mass is 31.2. The summed E-state index contributed by atoms with van der Waals surface area (Å²) in [6.45, 7) is 4.32. The van der Waals surface area contributed by atoms with E-state index in [2.05, 4.69) is 36.4 Å². The lowest BCUT2D eigenvalue weighted by Gasteiger charge is -2.27. The molecular weight excluding hydrogens is 610 g/mol. The number of halogens is 1. The Labute approximate surface area is 273 Å². The van der Waals surface area contributed by atoms with Crippen LogP contribution in [0.2, 0.25) is 0 Å². The van der Waals surface area contributed by atoms with E-state index in [4.69, 9.17) is 4.98 Å². The average molecular weight is 648 g/mol. The standard InChI is InChI=1S/C38H37FN4O3P/c1-3-24-41-36-35(37(45)42(25-4-2)38(41)46)43(26-33(44)28-20-22-29(39)23-21-28)34(40-36)27-47(30-14-8-5-9-15-30,31-16-10-6-11-17-31)32-18-12-7-13-19-32/h5-23H,3-4,24-27H2,1-2H3/q+1. The molecule has 7 nitrogen and oxygen atoms in total. The molecule has 0 radical (unpaired) electrons. The van der Waals surface area contributed by atoms with Gasteiger partial charge in [-0.3, -0.25) is 18.7 Å². The Kier molecular flexibility index (Phi) is 9.41. The van der Waals surface area contributed by atoms with Crippen molar-refractivity contribution >= 4 is 40.1 Å². The minimum atomic E-state index is -2.50. The van der Waals surface area contributed by atoms with E-state index in [0.717, 1.165) is 15.9 Å². The number of fused-ring (bicyclic) bond motifs is 1. The van der Waals surface area contributed by atoms with Gasteiger partial charge in [-0.15, -0.1) is 0 Å². The molecule has 0 saturated carbocycles. The molecule has 4 aromatic carbocycles. The highest BCUT2D eigenvalue weighted by molar-refractivity contribution is 7.95. The molecule has 2 aromatic heterocycles. The number of imidazole rings is 1. The summed E-state index contributed by atoms with van der Waals surface area (Å²) < 4.78 is 18.3. The molecule has 9 heteroatoms. The maximum absolute atomic E-state index is 14.2. The summed E-state index contributed by atoms with van der Waals surface area (Å²) in [4.78, 5) is 46.9. The monoisotopic (exact) mass is 647 g/mol. The zero-order valence-corrected chi connectivity index (χ0v) is 27.4. The van der Waals surface area contributed by atoms with E-state index in [9.17, 15) is 18.8 Å². The fourth-order valence-corrected chi connectivity index (χ4v) is 10.5. The highest BCUT2D eigenvalue weighted by Crippen LogP contribution is 2.58. The van der Waals surface area contributed by atoms with Gasteiger partial charge in [0.15, 0.2) is 22.8 Å². The van der Waals surface area contributed by atoms with E-state index in [1.54, 1.807) is 9.13 Å². The lowest BCUT2D eigenvalue weighted by atomic mass is 10.1. The van der Waals surface area contributed by atoms with Gasteiger partial charge in [0.05, 0.1) is 6.54 Å². The third-order valence-electron chi connectivity index (χ3n) is 8.53. The summed E-state index contributed by atoms with van der Waals surface area (Å²) in [7, 11) is -2.50. The van der Waals surface area contributed by atoms with Crippen molar-refractivity contribution in [3.63, 3.8) is 0 Å². The third kappa shape index (κ3) is 6.01. The summed E-state index contributed by atoms with van der Waals surface area (Å²) in [5, 5.41) is 3.36. The zero-order valence-electron chi connectivity index (χ0n) is 26.6. The lowest BCUT2D eigenvalue weighted by Crippen LogP contribution is -2.40. The van der Waals surface area contributed by atoms with Gasteiger partial charge in [0.1, 0.15) is 35.2 Å². The lowest BCUT2D eigenvalue weighted by molar-refractivity contribution is 0.0972. The van der Waals surface area contributed by atoms with Crippen LogP contribution in [0.25, 0.3) is 11.2 Å². The Morgan fingerprint density at radius 2 is 1.17 bits per heavy atom. The van der Waals surface area contributed by atoms with Gasteiger partial charge >= 0.3 is 5.69 Å². The summed E-state index contributed by atoms with van der Waals surface area (Å²) in [6.07, 6.45) is 1.64. The topological polar surface area (TPSA) is 78.9 Å². The molecular formula is C38H37FN4O3P+. The molecule has 0 atom stereocenters. The summed E-state index contributed by atoms with van der Waals surface area (Å²) in [6, 6.07) is 36.3. The van der Waals surface area contributed by atoms with E-state index >= 15 is 0 Å². The van der Waals surface area contributed by atoms with Crippen LogP contribution in [-0.4, -0.2) is 24.5 Å². The second kappa shape index (κ2) is 13.8. The van der Waals surface area contributed by atoms with E-state index in [0.29, 0.717) is 36.9 Å². The number of Topliss-reactive ketones (excluding diaryl/α,β-unsaturated/α-hetero) is 1. The van der Waals surface area contributed by atoms with Crippen molar-refractivity contribution in [3.05, 3.63) is 153 Å². The normalized spacial score (nSPS) is 11.6. The third-order valence-corrected chi connectivity index (χ3v) is 12.8. The number of hydrogen-bond acceptors (Lipinski definition) is 4. The molecule has 0 bridgehead atoms. The Morgan fingerprint density at radius 3 is 1.66 bits per heavy atom. The van der Waals surface area contributed by atoms with E-state index in [1.165, 1.54) is 28.8 Å². The van der Waals surface area contributed by atoms with Gasteiger partial charge in [-0.1, -0.05) is 68.4 Å². The molecule has 0 amide bonds. The van der Waals surface area contributed by atoms with Gasteiger partial charge < -0.3 is 4.57 Å². The Morgan fingerprint density at radius 1 is 0.681 bits per heavy atom. The number of aryl methyl sites for hydroxylation is 1. The van der Waals surface area contributed by atoms with Gasteiger partial charge in [-0.25, -0.2) is 14.2 Å².